The molecular weight excluding hydrogens is 602 g/mol. The SMILES string of the molecule is COc1c(I)cc(I)cc1/C=N/NC(=O)C1CC1(c1ccccc1)c1ccccc1. The van der Waals surface area contributed by atoms with Gasteiger partial charge in [0.05, 0.1) is 22.8 Å². The summed E-state index contributed by atoms with van der Waals surface area (Å²) in [6, 6.07) is 24.5. The Morgan fingerprint density at radius 1 is 1.07 bits per heavy atom. The lowest BCUT2D eigenvalue weighted by Crippen LogP contribution is -2.25. The summed E-state index contributed by atoms with van der Waals surface area (Å²) in [7, 11) is 1.64. The lowest BCUT2D eigenvalue weighted by atomic mass is 9.85. The number of methoxy groups -OCH3 is 1. The Morgan fingerprint density at radius 3 is 2.23 bits per heavy atom. The second-order valence-electron chi connectivity index (χ2n) is 7.20. The van der Waals surface area contributed by atoms with Gasteiger partial charge < -0.3 is 4.74 Å². The van der Waals surface area contributed by atoms with Gasteiger partial charge in [0.1, 0.15) is 5.75 Å². The van der Waals surface area contributed by atoms with E-state index in [0.717, 1.165) is 36.0 Å². The smallest absolute Gasteiger partial charge is 0.244 e. The van der Waals surface area contributed by atoms with Crippen LogP contribution in [0.15, 0.2) is 77.9 Å². The van der Waals surface area contributed by atoms with E-state index < -0.39 is 0 Å². The number of rotatable bonds is 6. The minimum Gasteiger partial charge on any atom is -0.495 e. The van der Waals surface area contributed by atoms with Crippen LogP contribution in [0.2, 0.25) is 0 Å². The second-order valence-corrected chi connectivity index (χ2v) is 9.61. The Labute approximate surface area is 203 Å². The summed E-state index contributed by atoms with van der Waals surface area (Å²) in [5, 5.41) is 4.24. The van der Waals surface area contributed by atoms with Crippen molar-refractivity contribution in [3.05, 3.63) is 96.6 Å². The summed E-state index contributed by atoms with van der Waals surface area (Å²) in [6.45, 7) is 0. The van der Waals surface area contributed by atoms with E-state index in [-0.39, 0.29) is 17.2 Å². The molecule has 1 atom stereocenters. The second kappa shape index (κ2) is 9.05. The Bertz CT molecular complexity index is 1050. The third kappa shape index (κ3) is 4.12. The summed E-state index contributed by atoms with van der Waals surface area (Å²) < 4.78 is 7.57. The molecule has 0 aliphatic heterocycles. The van der Waals surface area contributed by atoms with Crippen LogP contribution in [-0.4, -0.2) is 19.2 Å². The molecule has 3 aromatic rings. The van der Waals surface area contributed by atoms with Crippen LogP contribution in [0.3, 0.4) is 0 Å². The molecule has 1 unspecified atom stereocenters. The number of hydrogen-bond acceptors (Lipinski definition) is 3. The molecule has 1 amide bonds. The number of nitrogens with zero attached hydrogens (tertiary/aromatic N) is 1. The Hall–Kier alpha value is -1.94. The molecule has 4 nitrogen and oxygen atoms in total. The Kier molecular flexibility index (Phi) is 6.43. The monoisotopic (exact) mass is 622 g/mol. The van der Waals surface area contributed by atoms with Crippen LogP contribution in [0.1, 0.15) is 23.1 Å². The van der Waals surface area contributed by atoms with Crippen molar-refractivity contribution in [1.29, 1.82) is 0 Å². The molecule has 1 fully saturated rings. The topological polar surface area (TPSA) is 50.7 Å². The zero-order valence-electron chi connectivity index (χ0n) is 16.3. The van der Waals surface area contributed by atoms with E-state index >= 15 is 0 Å². The maximum Gasteiger partial charge on any atom is 0.244 e. The van der Waals surface area contributed by atoms with E-state index in [2.05, 4.69) is 80.0 Å². The average Bonchev–Trinajstić information content (AvgIpc) is 3.52. The standard InChI is InChI=1S/C24H20I2N2O2/c1-30-22-16(12-19(25)13-21(22)26)15-27-28-23(29)20-14-24(20,17-8-4-2-5-9-17)18-10-6-3-7-11-18/h2-13,15,20H,14H2,1H3,(H,28,29)/b27-15+. The third-order valence-corrected chi connectivity index (χ3v) is 6.90. The van der Waals surface area contributed by atoms with Crippen LogP contribution >= 0.6 is 45.2 Å². The molecule has 152 valence electrons. The van der Waals surface area contributed by atoms with Crippen LogP contribution in [0, 0.1) is 13.1 Å². The molecule has 4 rings (SSSR count). The van der Waals surface area contributed by atoms with Crippen LogP contribution in [0.25, 0.3) is 0 Å². The molecule has 0 bridgehead atoms. The molecule has 6 heteroatoms. The number of halogens is 2. The number of ether oxygens (including phenoxy) is 1. The molecule has 0 aromatic heterocycles. The molecule has 0 heterocycles. The van der Waals surface area contributed by atoms with Crippen molar-refractivity contribution in [2.24, 2.45) is 11.0 Å². The van der Waals surface area contributed by atoms with Crippen LogP contribution in [0.4, 0.5) is 0 Å². The zero-order chi connectivity index (χ0) is 21.1. The van der Waals surface area contributed by atoms with Crippen molar-refractivity contribution in [1.82, 2.24) is 5.43 Å². The number of benzene rings is 3. The molecule has 0 spiro atoms. The molecule has 3 aromatic carbocycles. The summed E-state index contributed by atoms with van der Waals surface area (Å²) in [5.41, 5.74) is 5.61. The molecule has 1 aliphatic carbocycles. The predicted molar refractivity (Wildman–Crippen MR) is 136 cm³/mol. The first kappa shape index (κ1) is 21.3. The van der Waals surface area contributed by atoms with Crippen LogP contribution < -0.4 is 10.2 Å². The third-order valence-electron chi connectivity index (χ3n) is 5.47. The molecule has 0 radical (unpaired) electrons. The molecule has 30 heavy (non-hydrogen) atoms. The largest absolute Gasteiger partial charge is 0.495 e. The summed E-state index contributed by atoms with van der Waals surface area (Å²) in [4.78, 5) is 13.0. The van der Waals surface area contributed by atoms with Crippen molar-refractivity contribution in [3.63, 3.8) is 0 Å². The van der Waals surface area contributed by atoms with Crippen molar-refractivity contribution in [2.75, 3.05) is 7.11 Å². The van der Waals surface area contributed by atoms with E-state index in [9.17, 15) is 4.79 Å². The number of amides is 1. The first-order valence-corrected chi connectivity index (χ1v) is 11.7. The normalized spacial score (nSPS) is 17.0. The minimum atomic E-state index is -0.294. The van der Waals surface area contributed by atoms with E-state index in [4.69, 9.17) is 4.74 Å². The number of hydrazone groups is 1. The predicted octanol–water partition coefficient (Wildman–Crippen LogP) is 5.36. The van der Waals surface area contributed by atoms with Crippen molar-refractivity contribution < 1.29 is 9.53 Å². The minimum absolute atomic E-state index is 0.0711. The van der Waals surface area contributed by atoms with E-state index in [1.807, 2.05) is 48.5 Å². The van der Waals surface area contributed by atoms with Crippen LogP contribution in [-0.2, 0) is 10.2 Å². The van der Waals surface area contributed by atoms with Gasteiger partial charge in [-0.1, -0.05) is 60.7 Å². The maximum atomic E-state index is 13.0. The van der Waals surface area contributed by atoms with Gasteiger partial charge in [0.25, 0.3) is 0 Å². The highest BCUT2D eigenvalue weighted by Crippen LogP contribution is 2.58. The van der Waals surface area contributed by atoms with Gasteiger partial charge in [-0.25, -0.2) is 5.43 Å². The lowest BCUT2D eigenvalue weighted by molar-refractivity contribution is -0.122. The highest BCUT2D eigenvalue weighted by molar-refractivity contribution is 14.1. The number of hydrogen-bond donors (Lipinski definition) is 1. The van der Waals surface area contributed by atoms with Gasteiger partial charge in [-0.3, -0.25) is 4.79 Å². The van der Waals surface area contributed by atoms with Gasteiger partial charge in [-0.05, 0) is 74.9 Å². The molecule has 1 N–H and O–H groups in total. The molecule has 1 aliphatic rings. The lowest BCUT2D eigenvalue weighted by Gasteiger charge is -2.18. The van der Waals surface area contributed by atoms with Crippen molar-refractivity contribution >= 4 is 57.3 Å². The first-order chi connectivity index (χ1) is 14.6. The Morgan fingerprint density at radius 2 is 1.67 bits per heavy atom. The van der Waals surface area contributed by atoms with Crippen molar-refractivity contribution in [3.8, 4) is 5.75 Å². The molecule has 1 saturated carbocycles. The van der Waals surface area contributed by atoms with E-state index in [1.165, 1.54) is 0 Å². The molecular formula is C24H20I2N2O2. The van der Waals surface area contributed by atoms with E-state index in [1.54, 1.807) is 13.3 Å². The number of carbonyl (C=O) groups excluding carboxylic acids is 1. The summed E-state index contributed by atoms with van der Waals surface area (Å²) in [5.74, 6) is 0.527. The van der Waals surface area contributed by atoms with Gasteiger partial charge in [-0.2, -0.15) is 5.10 Å². The Balaban J connectivity index is 1.56. The van der Waals surface area contributed by atoms with Gasteiger partial charge >= 0.3 is 0 Å². The van der Waals surface area contributed by atoms with Crippen LogP contribution in [0.5, 0.6) is 5.75 Å². The van der Waals surface area contributed by atoms with E-state index in [0.29, 0.717) is 0 Å². The first-order valence-electron chi connectivity index (χ1n) is 9.53. The fraction of sp³-hybridized carbons (Fsp3) is 0.167. The van der Waals surface area contributed by atoms with Crippen molar-refractivity contribution in [2.45, 2.75) is 11.8 Å². The highest BCUT2D eigenvalue weighted by Gasteiger charge is 2.60. The molecule has 0 saturated heterocycles. The average molecular weight is 622 g/mol. The number of nitrogens with one attached hydrogen (secondary N) is 1. The quantitative estimate of drug-likeness (QED) is 0.229. The highest BCUT2D eigenvalue weighted by atomic mass is 127. The van der Waals surface area contributed by atoms with Gasteiger partial charge in [0, 0.05) is 14.5 Å². The zero-order valence-corrected chi connectivity index (χ0v) is 20.6. The fourth-order valence-corrected chi connectivity index (χ4v) is 6.10. The summed E-state index contributed by atoms with van der Waals surface area (Å²) >= 11 is 4.49. The number of carbonyl (C=O) groups is 1. The van der Waals surface area contributed by atoms with Gasteiger partial charge in [0.2, 0.25) is 5.91 Å². The van der Waals surface area contributed by atoms with Gasteiger partial charge in [-0.15, -0.1) is 0 Å². The summed E-state index contributed by atoms with van der Waals surface area (Å²) in [6.07, 6.45) is 2.42. The van der Waals surface area contributed by atoms with Gasteiger partial charge in [0.15, 0.2) is 0 Å². The fourth-order valence-electron chi connectivity index (χ4n) is 3.99. The maximum absolute atomic E-state index is 13.0.